The number of carbonyl (C=O) groups is 3. The van der Waals surface area contributed by atoms with Crippen molar-refractivity contribution < 1.29 is 43.2 Å². The number of amides is 2. The maximum absolute atomic E-state index is 13.6. The molecule has 2 N–H and O–H groups in total. The number of hydrogen-bond donors (Lipinski definition) is 2. The van der Waals surface area contributed by atoms with Crippen LogP contribution >= 0.6 is 11.6 Å². The van der Waals surface area contributed by atoms with Gasteiger partial charge in [-0.1, -0.05) is 42.3 Å². The zero-order chi connectivity index (χ0) is 31.0. The van der Waals surface area contributed by atoms with E-state index in [0.717, 1.165) is 11.1 Å². The lowest BCUT2D eigenvalue weighted by Crippen LogP contribution is -2.63. The smallest absolute Gasteiger partial charge is 0.409 e. The summed E-state index contributed by atoms with van der Waals surface area (Å²) in [4.78, 5) is 39.7. The first-order valence-corrected chi connectivity index (χ1v) is 14.2. The molecule has 1 aromatic carbocycles. The van der Waals surface area contributed by atoms with Gasteiger partial charge in [0.05, 0.1) is 25.3 Å². The molecule has 3 aliphatic heterocycles. The van der Waals surface area contributed by atoms with Gasteiger partial charge in [0.15, 0.2) is 5.72 Å². The van der Waals surface area contributed by atoms with Gasteiger partial charge in [0.2, 0.25) is 5.91 Å². The number of ether oxygens (including phenoxy) is 5. The van der Waals surface area contributed by atoms with E-state index in [-0.39, 0.29) is 23.8 Å². The summed E-state index contributed by atoms with van der Waals surface area (Å²) >= 11 is 6.64. The number of benzene rings is 1. The third kappa shape index (κ3) is 6.44. The number of esters is 1. The summed E-state index contributed by atoms with van der Waals surface area (Å²) in [5.74, 6) is -0.951. The van der Waals surface area contributed by atoms with Crippen LogP contribution in [0.2, 0.25) is 5.02 Å². The van der Waals surface area contributed by atoms with Crippen LogP contribution in [-0.2, 0) is 35.0 Å². The third-order valence-corrected chi connectivity index (χ3v) is 8.64. The van der Waals surface area contributed by atoms with Crippen molar-refractivity contribution in [2.75, 3.05) is 26.2 Å². The van der Waals surface area contributed by atoms with Crippen LogP contribution in [0.5, 0.6) is 5.75 Å². The molecule has 12 heteroatoms. The Morgan fingerprint density at radius 2 is 1.98 bits per heavy atom. The number of epoxide rings is 1. The van der Waals surface area contributed by atoms with Crippen LogP contribution in [0.4, 0.5) is 10.5 Å². The number of methoxy groups -OCH3 is 2. The molecule has 42 heavy (non-hydrogen) atoms. The molecule has 0 unspecified atom stereocenters. The second kappa shape index (κ2) is 12.2. The Balaban J connectivity index is 1.79. The minimum atomic E-state index is -1.76. The van der Waals surface area contributed by atoms with Gasteiger partial charge in [0, 0.05) is 33.4 Å². The number of anilines is 1. The first kappa shape index (κ1) is 31.8. The molecular formula is C30H39ClN2O9. The number of carbonyl (C=O) groups excluding carboxylic acids is 3. The lowest BCUT2D eigenvalue weighted by molar-refractivity contribution is -0.151. The minimum Gasteiger partial charge on any atom is -0.495 e. The van der Waals surface area contributed by atoms with Crippen molar-refractivity contribution >= 4 is 35.3 Å². The number of aliphatic hydroxyl groups is 1. The van der Waals surface area contributed by atoms with Crippen LogP contribution in [0.1, 0.15) is 46.1 Å². The number of alkyl carbamates (subject to hydrolysis) is 1. The molecule has 0 aromatic heterocycles. The fourth-order valence-electron chi connectivity index (χ4n) is 5.81. The van der Waals surface area contributed by atoms with Gasteiger partial charge in [-0.25, -0.2) is 4.79 Å². The number of allylic oxidation sites excluding steroid dienone is 3. The maximum Gasteiger partial charge on any atom is 0.409 e. The van der Waals surface area contributed by atoms with Gasteiger partial charge in [-0.15, -0.1) is 0 Å². The Morgan fingerprint density at radius 3 is 2.62 bits per heavy atom. The molecule has 230 valence electrons. The summed E-state index contributed by atoms with van der Waals surface area (Å²) in [7, 11) is 4.54. The van der Waals surface area contributed by atoms with E-state index in [1.165, 1.54) is 26.0 Å². The fraction of sp³-hybridized carbons (Fsp3) is 0.567. The van der Waals surface area contributed by atoms with E-state index < -0.39 is 53.7 Å². The number of fused-ring (bicyclic) bond motifs is 5. The summed E-state index contributed by atoms with van der Waals surface area (Å²) in [6, 6.07) is 3.62. The number of nitrogens with one attached hydrogen (secondary N) is 1. The molecule has 0 spiro atoms. The van der Waals surface area contributed by atoms with Crippen molar-refractivity contribution in [1.29, 1.82) is 0 Å². The molecule has 4 rings (SSSR count). The number of hydrogen-bond acceptors (Lipinski definition) is 9. The SMILES string of the molecule is COc1cc2cc(c1Cl)N(C)C(=O)C[C@H](OC(C)=O)[C@]1(C)O[C@H]1[C@H](C)[C@@H]1C[C@@](O)(NC(=O)O1)[C@H](OC)/C=C/C=C(\C)C2. The largest absolute Gasteiger partial charge is 0.495 e. The summed E-state index contributed by atoms with van der Waals surface area (Å²) in [6.45, 7) is 6.77. The van der Waals surface area contributed by atoms with E-state index in [9.17, 15) is 19.5 Å². The first-order valence-electron chi connectivity index (χ1n) is 13.8. The normalized spacial score (nSPS) is 35.6. The topological polar surface area (TPSA) is 136 Å². The minimum absolute atomic E-state index is 0.00538. The van der Waals surface area contributed by atoms with Gasteiger partial charge in [0.25, 0.3) is 0 Å². The molecule has 3 heterocycles. The monoisotopic (exact) mass is 606 g/mol. The predicted octanol–water partition coefficient (Wildman–Crippen LogP) is 3.69. The van der Waals surface area contributed by atoms with Crippen LogP contribution in [0, 0.1) is 5.92 Å². The van der Waals surface area contributed by atoms with Gasteiger partial charge < -0.3 is 33.7 Å². The van der Waals surface area contributed by atoms with Crippen LogP contribution in [0.3, 0.4) is 0 Å². The summed E-state index contributed by atoms with van der Waals surface area (Å²) in [5, 5.41) is 14.3. The highest BCUT2D eigenvalue weighted by Gasteiger charge is 2.64. The number of nitrogens with zero attached hydrogens (tertiary/aromatic N) is 1. The van der Waals surface area contributed by atoms with Crippen LogP contribution in [0.25, 0.3) is 0 Å². The molecule has 2 amide bonds. The molecule has 1 aromatic rings. The van der Waals surface area contributed by atoms with Crippen LogP contribution in [0.15, 0.2) is 35.9 Å². The Labute approximate surface area is 250 Å². The Bertz CT molecular complexity index is 1300. The third-order valence-electron chi connectivity index (χ3n) is 8.26. The highest BCUT2D eigenvalue weighted by atomic mass is 35.5. The molecule has 0 radical (unpaired) electrons. The van der Waals surface area contributed by atoms with E-state index in [1.807, 2.05) is 26.0 Å². The van der Waals surface area contributed by atoms with Gasteiger partial charge >= 0.3 is 12.1 Å². The molecule has 4 bridgehead atoms. The van der Waals surface area contributed by atoms with Crippen LogP contribution < -0.4 is 15.0 Å². The Hall–Kier alpha value is -3.12. The van der Waals surface area contributed by atoms with E-state index in [0.29, 0.717) is 17.9 Å². The van der Waals surface area contributed by atoms with E-state index in [1.54, 1.807) is 32.2 Å². The van der Waals surface area contributed by atoms with Gasteiger partial charge in [0.1, 0.15) is 34.7 Å². The second-order valence-electron chi connectivity index (χ2n) is 11.4. The van der Waals surface area contributed by atoms with Gasteiger partial charge in [-0.05, 0) is 38.0 Å². The Morgan fingerprint density at radius 1 is 1.26 bits per heavy atom. The predicted molar refractivity (Wildman–Crippen MR) is 154 cm³/mol. The van der Waals surface area contributed by atoms with Crippen LogP contribution in [-0.4, -0.2) is 80.1 Å². The van der Waals surface area contributed by atoms with Crippen molar-refractivity contribution in [2.24, 2.45) is 5.92 Å². The van der Waals surface area contributed by atoms with Gasteiger partial charge in [-0.3, -0.25) is 14.9 Å². The first-order chi connectivity index (χ1) is 19.7. The fourth-order valence-corrected chi connectivity index (χ4v) is 6.12. The standard InChI is InChI=1S/C30H39ClN2O9/c1-16-9-8-10-23(39-7)30(37)15-22(41-28(36)32-30)17(2)27-29(4,42-27)24(40-18(3)34)14-25(35)33(5)20-12-19(11-16)13-21(38-6)26(20)31/h8-10,12-13,17,22-24,27,37H,11,14-15H2,1-7H3,(H,32,36)/b10-8+,16-9+/t17-,22+,23-,24+,27+,29+,30+/m1/s1. The van der Waals surface area contributed by atoms with E-state index >= 15 is 0 Å². The highest BCUT2D eigenvalue weighted by molar-refractivity contribution is 6.35. The lowest BCUT2D eigenvalue weighted by atomic mass is 9.83. The van der Waals surface area contributed by atoms with Crippen molar-refractivity contribution in [3.05, 3.63) is 46.5 Å². The zero-order valence-electron chi connectivity index (χ0n) is 24.9. The molecule has 7 atom stereocenters. The molecule has 2 fully saturated rings. The average molecular weight is 607 g/mol. The average Bonchev–Trinajstić information content (AvgIpc) is 3.61. The quantitative estimate of drug-likeness (QED) is 0.390. The summed E-state index contributed by atoms with van der Waals surface area (Å²) in [5.41, 5.74) is -0.570. The molecule has 11 nitrogen and oxygen atoms in total. The van der Waals surface area contributed by atoms with Crippen molar-refractivity contribution in [3.63, 3.8) is 0 Å². The van der Waals surface area contributed by atoms with E-state index in [4.69, 9.17) is 35.3 Å². The summed E-state index contributed by atoms with van der Waals surface area (Å²) < 4.78 is 28.4. The van der Waals surface area contributed by atoms with Gasteiger partial charge in [-0.2, -0.15) is 0 Å². The van der Waals surface area contributed by atoms with Crippen molar-refractivity contribution in [2.45, 2.75) is 82.7 Å². The Kier molecular flexibility index (Phi) is 9.27. The number of rotatable bonds is 3. The maximum atomic E-state index is 13.6. The molecule has 0 aliphatic carbocycles. The molecule has 3 aliphatic rings. The summed E-state index contributed by atoms with van der Waals surface area (Å²) in [6.07, 6.45) is 1.67. The lowest BCUT2D eigenvalue weighted by Gasteiger charge is -2.42. The second-order valence-corrected chi connectivity index (χ2v) is 11.8. The van der Waals surface area contributed by atoms with Crippen molar-refractivity contribution in [1.82, 2.24) is 5.32 Å². The zero-order valence-corrected chi connectivity index (χ0v) is 25.7. The molecule has 0 saturated carbocycles. The van der Waals surface area contributed by atoms with Crippen molar-refractivity contribution in [3.8, 4) is 5.75 Å². The van der Waals surface area contributed by atoms with E-state index in [2.05, 4.69) is 5.32 Å². The highest BCUT2D eigenvalue weighted by Crippen LogP contribution is 2.49. The molecular weight excluding hydrogens is 568 g/mol. The number of halogens is 1. The molecule has 2 saturated heterocycles.